The van der Waals surface area contributed by atoms with Crippen LogP contribution in [0.2, 0.25) is 0 Å². The number of benzene rings is 1. The standard InChI is InChI=1S/C11H9N5O/c1-2-4-9(5-3-1)8-17-11-7-6-10-12-14-15-16(10)13-11/h1-7H,8H2. The fraction of sp³-hybridized carbons (Fsp3) is 0.0909. The molecular formula is C11H9N5O. The van der Waals surface area contributed by atoms with Crippen molar-refractivity contribution in [2.24, 2.45) is 0 Å². The highest BCUT2D eigenvalue weighted by Gasteiger charge is 2.01. The molecule has 0 fully saturated rings. The summed E-state index contributed by atoms with van der Waals surface area (Å²) in [6.45, 7) is 0.474. The van der Waals surface area contributed by atoms with Gasteiger partial charge in [-0.15, -0.1) is 14.8 Å². The van der Waals surface area contributed by atoms with Crippen LogP contribution in [-0.4, -0.2) is 25.3 Å². The summed E-state index contributed by atoms with van der Waals surface area (Å²) < 4.78 is 6.88. The highest BCUT2D eigenvalue weighted by atomic mass is 16.5. The van der Waals surface area contributed by atoms with Gasteiger partial charge in [0.1, 0.15) is 6.61 Å². The van der Waals surface area contributed by atoms with Gasteiger partial charge in [-0.1, -0.05) is 30.3 Å². The van der Waals surface area contributed by atoms with E-state index in [4.69, 9.17) is 4.74 Å². The second kappa shape index (κ2) is 4.17. The van der Waals surface area contributed by atoms with E-state index in [1.807, 2.05) is 30.3 Å². The van der Waals surface area contributed by atoms with Crippen molar-refractivity contribution in [1.29, 1.82) is 0 Å². The van der Waals surface area contributed by atoms with Crippen LogP contribution in [0.1, 0.15) is 5.56 Å². The minimum absolute atomic E-state index is 0.474. The number of ether oxygens (including phenoxy) is 1. The number of hydrogen-bond donors (Lipinski definition) is 0. The number of rotatable bonds is 3. The van der Waals surface area contributed by atoms with Gasteiger partial charge in [-0.3, -0.25) is 0 Å². The van der Waals surface area contributed by atoms with Crippen LogP contribution in [0.3, 0.4) is 0 Å². The summed E-state index contributed by atoms with van der Waals surface area (Å²) in [5.41, 5.74) is 1.68. The number of fused-ring (bicyclic) bond motifs is 1. The fourth-order valence-corrected chi connectivity index (χ4v) is 1.44. The summed E-state index contributed by atoms with van der Waals surface area (Å²) in [5.74, 6) is 0.494. The summed E-state index contributed by atoms with van der Waals surface area (Å²) in [5, 5.41) is 15.1. The Morgan fingerprint density at radius 3 is 2.82 bits per heavy atom. The smallest absolute Gasteiger partial charge is 0.233 e. The molecule has 0 unspecified atom stereocenters. The van der Waals surface area contributed by atoms with Gasteiger partial charge in [0.2, 0.25) is 5.88 Å². The van der Waals surface area contributed by atoms with Crippen LogP contribution in [0.15, 0.2) is 42.5 Å². The van der Waals surface area contributed by atoms with Crippen LogP contribution < -0.4 is 4.74 Å². The van der Waals surface area contributed by atoms with E-state index in [0.29, 0.717) is 18.1 Å². The molecular weight excluding hydrogens is 218 g/mol. The molecule has 84 valence electrons. The maximum atomic E-state index is 5.54. The fourth-order valence-electron chi connectivity index (χ4n) is 1.44. The van der Waals surface area contributed by atoms with Crippen LogP contribution in [0.5, 0.6) is 5.88 Å². The molecule has 6 heteroatoms. The van der Waals surface area contributed by atoms with Gasteiger partial charge in [-0.05, 0) is 22.1 Å². The third kappa shape index (κ3) is 2.05. The minimum Gasteiger partial charge on any atom is -0.472 e. The molecule has 0 aliphatic rings. The Morgan fingerprint density at radius 1 is 1.06 bits per heavy atom. The van der Waals surface area contributed by atoms with E-state index in [2.05, 4.69) is 20.6 Å². The van der Waals surface area contributed by atoms with E-state index in [1.54, 1.807) is 12.1 Å². The highest BCUT2D eigenvalue weighted by Crippen LogP contribution is 2.09. The van der Waals surface area contributed by atoms with Crippen LogP contribution in [0, 0.1) is 0 Å². The Bertz CT molecular complexity index is 622. The summed E-state index contributed by atoms with van der Waals surface area (Å²) in [7, 11) is 0. The summed E-state index contributed by atoms with van der Waals surface area (Å²) >= 11 is 0. The predicted octanol–water partition coefficient (Wildman–Crippen LogP) is 1.10. The Balaban J connectivity index is 1.76. The lowest BCUT2D eigenvalue weighted by atomic mass is 10.2. The van der Waals surface area contributed by atoms with Gasteiger partial charge < -0.3 is 4.74 Å². The number of nitrogens with zero attached hydrogens (tertiary/aromatic N) is 5. The maximum Gasteiger partial charge on any atom is 0.233 e. The summed E-state index contributed by atoms with van der Waals surface area (Å²) in [4.78, 5) is 0. The number of tetrazole rings is 1. The zero-order valence-electron chi connectivity index (χ0n) is 8.89. The zero-order chi connectivity index (χ0) is 11.5. The minimum atomic E-state index is 0.474. The van der Waals surface area contributed by atoms with Crippen molar-refractivity contribution in [3.8, 4) is 5.88 Å². The molecule has 0 spiro atoms. The van der Waals surface area contributed by atoms with E-state index in [9.17, 15) is 0 Å². The van der Waals surface area contributed by atoms with Crippen LogP contribution >= 0.6 is 0 Å². The first-order chi connectivity index (χ1) is 8.42. The normalized spacial score (nSPS) is 10.6. The van der Waals surface area contributed by atoms with E-state index >= 15 is 0 Å². The van der Waals surface area contributed by atoms with Gasteiger partial charge in [0.25, 0.3) is 0 Å². The van der Waals surface area contributed by atoms with Crippen LogP contribution in [-0.2, 0) is 6.61 Å². The summed E-state index contributed by atoms with van der Waals surface area (Å²) in [6.07, 6.45) is 0. The van der Waals surface area contributed by atoms with Gasteiger partial charge in [-0.25, -0.2) is 0 Å². The maximum absolute atomic E-state index is 5.54. The van der Waals surface area contributed by atoms with Gasteiger partial charge in [0.05, 0.1) is 0 Å². The molecule has 3 rings (SSSR count). The van der Waals surface area contributed by atoms with Crippen molar-refractivity contribution in [2.75, 3.05) is 0 Å². The average molecular weight is 227 g/mol. The van der Waals surface area contributed by atoms with E-state index in [-0.39, 0.29) is 0 Å². The molecule has 6 nitrogen and oxygen atoms in total. The molecule has 0 radical (unpaired) electrons. The van der Waals surface area contributed by atoms with Crippen LogP contribution in [0.25, 0.3) is 5.65 Å². The molecule has 0 saturated heterocycles. The Kier molecular flexibility index (Phi) is 2.38. The third-order valence-electron chi connectivity index (χ3n) is 2.27. The summed E-state index contributed by atoms with van der Waals surface area (Å²) in [6, 6.07) is 13.4. The molecule has 0 saturated carbocycles. The molecule has 3 aromatic rings. The first-order valence-electron chi connectivity index (χ1n) is 5.14. The first-order valence-corrected chi connectivity index (χ1v) is 5.14. The Hall–Kier alpha value is -2.50. The van der Waals surface area contributed by atoms with E-state index in [0.717, 1.165) is 5.56 Å². The lowest BCUT2D eigenvalue weighted by Crippen LogP contribution is -2.01. The average Bonchev–Trinajstić information content (AvgIpc) is 2.85. The number of aromatic nitrogens is 5. The van der Waals surface area contributed by atoms with Gasteiger partial charge in [0, 0.05) is 6.07 Å². The molecule has 0 N–H and O–H groups in total. The first kappa shape index (κ1) is 9.71. The quantitative estimate of drug-likeness (QED) is 0.670. The van der Waals surface area contributed by atoms with Crippen molar-refractivity contribution in [3.63, 3.8) is 0 Å². The molecule has 0 amide bonds. The van der Waals surface area contributed by atoms with Crippen molar-refractivity contribution < 1.29 is 4.74 Å². The lowest BCUT2D eigenvalue weighted by molar-refractivity contribution is 0.287. The molecule has 0 aliphatic carbocycles. The monoisotopic (exact) mass is 227 g/mol. The Morgan fingerprint density at radius 2 is 1.94 bits per heavy atom. The molecule has 2 aromatic heterocycles. The van der Waals surface area contributed by atoms with Gasteiger partial charge >= 0.3 is 0 Å². The number of hydrogen-bond acceptors (Lipinski definition) is 5. The Labute approximate surface area is 96.8 Å². The van der Waals surface area contributed by atoms with Crippen molar-refractivity contribution in [3.05, 3.63) is 48.0 Å². The van der Waals surface area contributed by atoms with Crippen molar-refractivity contribution in [2.45, 2.75) is 6.61 Å². The topological polar surface area (TPSA) is 65.2 Å². The third-order valence-corrected chi connectivity index (χ3v) is 2.27. The lowest BCUT2D eigenvalue weighted by Gasteiger charge is -2.04. The van der Waals surface area contributed by atoms with E-state index in [1.165, 1.54) is 4.63 Å². The van der Waals surface area contributed by atoms with Crippen LogP contribution in [0.4, 0.5) is 0 Å². The van der Waals surface area contributed by atoms with Gasteiger partial charge in [0.15, 0.2) is 5.65 Å². The van der Waals surface area contributed by atoms with Crippen molar-refractivity contribution >= 4 is 5.65 Å². The molecule has 1 aromatic carbocycles. The second-order valence-electron chi connectivity index (χ2n) is 3.47. The molecule has 17 heavy (non-hydrogen) atoms. The SMILES string of the molecule is c1ccc(COc2ccc3nnnn3n2)cc1. The zero-order valence-corrected chi connectivity index (χ0v) is 8.89. The van der Waals surface area contributed by atoms with Gasteiger partial charge in [-0.2, -0.15) is 0 Å². The second-order valence-corrected chi connectivity index (χ2v) is 3.47. The molecule has 0 atom stereocenters. The highest BCUT2D eigenvalue weighted by molar-refractivity contribution is 5.34. The molecule has 2 heterocycles. The van der Waals surface area contributed by atoms with Crippen molar-refractivity contribution in [1.82, 2.24) is 25.3 Å². The largest absolute Gasteiger partial charge is 0.472 e. The predicted molar refractivity (Wildman–Crippen MR) is 59.4 cm³/mol. The molecule has 0 aliphatic heterocycles. The molecule has 0 bridgehead atoms. The van der Waals surface area contributed by atoms with E-state index < -0.39 is 0 Å².